The minimum Gasteiger partial charge on any atom is -0.497 e. The van der Waals surface area contributed by atoms with E-state index >= 15 is 0 Å². The molecule has 0 amide bonds. The number of pyridine rings is 1. The summed E-state index contributed by atoms with van der Waals surface area (Å²) in [6.07, 6.45) is 1.98. The van der Waals surface area contributed by atoms with Gasteiger partial charge in [-0.2, -0.15) is 0 Å². The Morgan fingerprint density at radius 1 is 0.970 bits per heavy atom. The maximum atomic E-state index is 12.9. The van der Waals surface area contributed by atoms with Crippen molar-refractivity contribution in [3.05, 3.63) is 95.8 Å². The van der Waals surface area contributed by atoms with E-state index in [1.54, 1.807) is 13.3 Å². The number of aromatic nitrogens is 1. The highest BCUT2D eigenvalue weighted by Crippen LogP contribution is 2.35. The van der Waals surface area contributed by atoms with Gasteiger partial charge in [0.25, 0.3) is 0 Å². The molecule has 0 aliphatic heterocycles. The van der Waals surface area contributed by atoms with E-state index in [0.29, 0.717) is 6.54 Å². The van der Waals surface area contributed by atoms with E-state index in [2.05, 4.69) is 41.1 Å². The molecule has 2 aromatic carbocycles. The second-order valence-electron chi connectivity index (χ2n) is 9.17. The van der Waals surface area contributed by atoms with Crippen LogP contribution in [-0.2, 0) is 16.1 Å². The molecule has 0 aliphatic carbocycles. The summed E-state index contributed by atoms with van der Waals surface area (Å²) in [6.45, 7) is 8.50. The van der Waals surface area contributed by atoms with Crippen molar-refractivity contribution in [1.29, 1.82) is 0 Å². The fourth-order valence-corrected chi connectivity index (χ4v) is 3.89. The number of hydrogen-bond acceptors (Lipinski definition) is 5. The fourth-order valence-electron chi connectivity index (χ4n) is 3.89. The van der Waals surface area contributed by atoms with Gasteiger partial charge in [-0.3, -0.25) is 14.7 Å². The van der Waals surface area contributed by atoms with Crippen LogP contribution in [0.2, 0.25) is 0 Å². The predicted octanol–water partition coefficient (Wildman–Crippen LogP) is 6.13. The molecule has 0 aliphatic rings. The van der Waals surface area contributed by atoms with Crippen LogP contribution in [0.25, 0.3) is 0 Å². The summed E-state index contributed by atoms with van der Waals surface area (Å²) < 4.78 is 11.0. The molecule has 174 valence electrons. The fraction of sp³-hybridized carbons (Fsp3) is 0.357. The van der Waals surface area contributed by atoms with Crippen molar-refractivity contribution in [3.8, 4) is 5.75 Å². The van der Waals surface area contributed by atoms with Crippen LogP contribution in [0.4, 0.5) is 0 Å². The van der Waals surface area contributed by atoms with E-state index in [-0.39, 0.29) is 24.5 Å². The number of carbonyl (C=O) groups excluding carboxylic acids is 1. The number of rotatable bonds is 9. The minimum atomic E-state index is -0.544. The van der Waals surface area contributed by atoms with Gasteiger partial charge in [-0.1, -0.05) is 48.5 Å². The summed E-state index contributed by atoms with van der Waals surface area (Å²) in [5, 5.41) is 0. The molecule has 0 N–H and O–H groups in total. The zero-order valence-electron chi connectivity index (χ0n) is 20.2. The van der Waals surface area contributed by atoms with Crippen molar-refractivity contribution in [3.63, 3.8) is 0 Å². The van der Waals surface area contributed by atoms with Gasteiger partial charge in [0.2, 0.25) is 0 Å². The molecule has 3 aromatic rings. The summed E-state index contributed by atoms with van der Waals surface area (Å²) >= 11 is 0. The van der Waals surface area contributed by atoms with Crippen LogP contribution in [0.5, 0.6) is 5.75 Å². The van der Waals surface area contributed by atoms with Crippen molar-refractivity contribution in [2.24, 2.45) is 0 Å². The zero-order valence-corrected chi connectivity index (χ0v) is 20.2. The van der Waals surface area contributed by atoms with E-state index < -0.39 is 5.60 Å². The van der Waals surface area contributed by atoms with Gasteiger partial charge in [-0.05, 0) is 63.1 Å². The summed E-state index contributed by atoms with van der Waals surface area (Å²) in [5.41, 5.74) is 2.61. The Hall–Kier alpha value is -3.18. The maximum Gasteiger partial charge on any atom is 0.308 e. The van der Waals surface area contributed by atoms with Gasteiger partial charge in [0, 0.05) is 18.8 Å². The Kier molecular flexibility index (Phi) is 8.23. The first-order valence-corrected chi connectivity index (χ1v) is 11.3. The lowest BCUT2D eigenvalue weighted by atomic mass is 9.99. The van der Waals surface area contributed by atoms with E-state index in [9.17, 15) is 4.79 Å². The van der Waals surface area contributed by atoms with Crippen molar-refractivity contribution >= 4 is 5.97 Å². The number of ether oxygens (including phenoxy) is 2. The number of esters is 1. The molecular formula is C28H34N2O3. The first-order valence-electron chi connectivity index (χ1n) is 11.3. The van der Waals surface area contributed by atoms with Gasteiger partial charge in [0.15, 0.2) is 0 Å². The highest BCUT2D eigenvalue weighted by molar-refractivity contribution is 5.70. The Morgan fingerprint density at radius 3 is 2.21 bits per heavy atom. The average Bonchev–Trinajstić information content (AvgIpc) is 2.81. The quantitative estimate of drug-likeness (QED) is 0.370. The maximum absolute atomic E-state index is 12.9. The van der Waals surface area contributed by atoms with Gasteiger partial charge in [-0.25, -0.2) is 0 Å². The van der Waals surface area contributed by atoms with Crippen LogP contribution >= 0.6 is 0 Å². The molecule has 1 aromatic heterocycles. The SMILES string of the molecule is COc1ccc([C@@H](C)N(Cc2ccccc2)C(CC(=O)OC(C)(C)C)c2ccccn2)cc1. The smallest absolute Gasteiger partial charge is 0.308 e. The standard InChI is InChI=1S/C28H34N2O3/c1-21(23-14-16-24(32-5)17-15-23)30(20-22-11-7-6-8-12-22)26(25-13-9-10-18-29-25)19-27(31)33-28(2,3)4/h6-18,21,26H,19-20H2,1-5H3/t21-,26?/m1/s1. The van der Waals surface area contributed by atoms with Crippen LogP contribution in [0.3, 0.4) is 0 Å². The van der Waals surface area contributed by atoms with Crippen LogP contribution in [0.1, 0.15) is 63.0 Å². The molecule has 5 heteroatoms. The Bertz CT molecular complexity index is 999. The number of nitrogens with zero attached hydrogens (tertiary/aromatic N) is 2. The lowest BCUT2D eigenvalue weighted by Crippen LogP contribution is -2.35. The second-order valence-corrected chi connectivity index (χ2v) is 9.17. The number of methoxy groups -OCH3 is 1. The molecule has 0 saturated heterocycles. The third kappa shape index (κ3) is 7.16. The minimum absolute atomic E-state index is 0.0190. The van der Waals surface area contributed by atoms with Crippen molar-refractivity contribution in [2.45, 2.75) is 58.3 Å². The van der Waals surface area contributed by atoms with Gasteiger partial charge < -0.3 is 9.47 Å². The normalized spacial score (nSPS) is 13.4. The Morgan fingerprint density at radius 2 is 1.64 bits per heavy atom. The molecule has 0 radical (unpaired) electrons. The van der Waals surface area contributed by atoms with Crippen LogP contribution in [0.15, 0.2) is 79.0 Å². The largest absolute Gasteiger partial charge is 0.497 e. The van der Waals surface area contributed by atoms with Crippen LogP contribution in [-0.4, -0.2) is 28.6 Å². The van der Waals surface area contributed by atoms with Gasteiger partial charge in [0.1, 0.15) is 11.4 Å². The first kappa shape index (κ1) is 24.5. The van der Waals surface area contributed by atoms with E-state index in [4.69, 9.17) is 9.47 Å². The van der Waals surface area contributed by atoms with E-state index in [1.807, 2.05) is 69.3 Å². The Balaban J connectivity index is 2.00. The van der Waals surface area contributed by atoms with Crippen molar-refractivity contribution < 1.29 is 14.3 Å². The Labute approximate surface area is 197 Å². The summed E-state index contributed by atoms with van der Waals surface area (Å²) in [4.78, 5) is 19.9. The zero-order chi connectivity index (χ0) is 23.8. The molecule has 0 spiro atoms. The topological polar surface area (TPSA) is 51.7 Å². The lowest BCUT2D eigenvalue weighted by Gasteiger charge is -2.37. The second kappa shape index (κ2) is 11.1. The predicted molar refractivity (Wildman–Crippen MR) is 131 cm³/mol. The first-order chi connectivity index (χ1) is 15.8. The highest BCUT2D eigenvalue weighted by Gasteiger charge is 2.31. The molecule has 2 atom stereocenters. The number of carbonyl (C=O) groups is 1. The summed E-state index contributed by atoms with van der Waals surface area (Å²) in [6, 6.07) is 24.0. The molecule has 0 saturated carbocycles. The third-order valence-corrected chi connectivity index (χ3v) is 5.51. The van der Waals surface area contributed by atoms with E-state index in [1.165, 1.54) is 5.56 Å². The molecule has 3 rings (SSSR count). The molecule has 0 bridgehead atoms. The molecule has 1 unspecified atom stereocenters. The molecular weight excluding hydrogens is 412 g/mol. The molecule has 5 nitrogen and oxygen atoms in total. The molecule has 0 fully saturated rings. The summed E-state index contributed by atoms with van der Waals surface area (Å²) in [5.74, 6) is 0.578. The number of benzene rings is 2. The monoisotopic (exact) mass is 446 g/mol. The van der Waals surface area contributed by atoms with Gasteiger partial charge in [0.05, 0.1) is 25.3 Å². The lowest BCUT2D eigenvalue weighted by molar-refractivity contribution is -0.156. The molecule has 1 heterocycles. The third-order valence-electron chi connectivity index (χ3n) is 5.51. The van der Waals surface area contributed by atoms with Gasteiger partial charge >= 0.3 is 5.97 Å². The summed E-state index contributed by atoms with van der Waals surface area (Å²) in [7, 11) is 1.66. The van der Waals surface area contributed by atoms with Crippen LogP contribution < -0.4 is 4.74 Å². The highest BCUT2D eigenvalue weighted by atomic mass is 16.6. The van der Waals surface area contributed by atoms with Crippen molar-refractivity contribution in [2.75, 3.05) is 7.11 Å². The molecule has 33 heavy (non-hydrogen) atoms. The van der Waals surface area contributed by atoms with Gasteiger partial charge in [-0.15, -0.1) is 0 Å². The van der Waals surface area contributed by atoms with Crippen LogP contribution in [0, 0.1) is 0 Å². The van der Waals surface area contributed by atoms with Crippen molar-refractivity contribution in [1.82, 2.24) is 9.88 Å². The number of hydrogen-bond donors (Lipinski definition) is 0. The average molecular weight is 447 g/mol. The van der Waals surface area contributed by atoms with E-state index in [0.717, 1.165) is 17.0 Å².